The SMILES string of the molecule is Cc1csc(NC(=O)C(=O)Nc2ccccc2C(N)=O)n1. The highest BCUT2D eigenvalue weighted by Crippen LogP contribution is 2.16. The maximum absolute atomic E-state index is 11.8. The molecule has 0 unspecified atom stereocenters. The highest BCUT2D eigenvalue weighted by molar-refractivity contribution is 7.14. The number of hydrogen-bond donors (Lipinski definition) is 3. The van der Waals surface area contributed by atoms with Gasteiger partial charge in [-0.1, -0.05) is 12.1 Å². The number of para-hydroxylation sites is 1. The highest BCUT2D eigenvalue weighted by atomic mass is 32.1. The summed E-state index contributed by atoms with van der Waals surface area (Å²) < 4.78 is 0. The summed E-state index contributed by atoms with van der Waals surface area (Å²) in [6, 6.07) is 6.16. The van der Waals surface area contributed by atoms with Crippen LogP contribution in [-0.2, 0) is 9.59 Å². The zero-order chi connectivity index (χ0) is 15.4. The molecule has 21 heavy (non-hydrogen) atoms. The fourth-order valence-corrected chi connectivity index (χ4v) is 2.23. The number of primary amides is 1. The van der Waals surface area contributed by atoms with Crippen molar-refractivity contribution in [1.29, 1.82) is 0 Å². The number of aromatic nitrogens is 1. The van der Waals surface area contributed by atoms with Gasteiger partial charge in [0, 0.05) is 5.38 Å². The number of hydrogen-bond acceptors (Lipinski definition) is 5. The molecule has 0 aliphatic heterocycles. The summed E-state index contributed by atoms with van der Waals surface area (Å²) >= 11 is 1.21. The van der Waals surface area contributed by atoms with Crippen molar-refractivity contribution in [3.05, 3.63) is 40.9 Å². The van der Waals surface area contributed by atoms with Crippen molar-refractivity contribution in [2.45, 2.75) is 6.92 Å². The van der Waals surface area contributed by atoms with E-state index in [9.17, 15) is 14.4 Å². The van der Waals surface area contributed by atoms with Crippen LogP contribution >= 0.6 is 11.3 Å². The van der Waals surface area contributed by atoms with Crippen LogP contribution in [0.15, 0.2) is 29.6 Å². The van der Waals surface area contributed by atoms with Crippen LogP contribution < -0.4 is 16.4 Å². The number of carbonyl (C=O) groups excluding carboxylic acids is 3. The summed E-state index contributed by atoms with van der Waals surface area (Å²) in [5.41, 5.74) is 6.25. The van der Waals surface area contributed by atoms with E-state index >= 15 is 0 Å². The summed E-state index contributed by atoms with van der Waals surface area (Å²) in [5.74, 6) is -2.47. The van der Waals surface area contributed by atoms with Gasteiger partial charge in [0.2, 0.25) is 0 Å². The van der Waals surface area contributed by atoms with Gasteiger partial charge in [-0.3, -0.25) is 19.7 Å². The van der Waals surface area contributed by atoms with Crippen molar-refractivity contribution in [2.75, 3.05) is 10.6 Å². The van der Waals surface area contributed by atoms with Gasteiger partial charge >= 0.3 is 11.8 Å². The van der Waals surface area contributed by atoms with Gasteiger partial charge in [-0.25, -0.2) is 4.98 Å². The summed E-state index contributed by atoms with van der Waals surface area (Å²) in [6.07, 6.45) is 0. The van der Waals surface area contributed by atoms with Gasteiger partial charge < -0.3 is 11.1 Å². The predicted octanol–water partition coefficient (Wildman–Crippen LogP) is 1.13. The lowest BCUT2D eigenvalue weighted by Crippen LogP contribution is -2.30. The Hall–Kier alpha value is -2.74. The first-order valence-corrected chi connectivity index (χ1v) is 6.78. The quantitative estimate of drug-likeness (QED) is 0.737. The summed E-state index contributed by atoms with van der Waals surface area (Å²) in [4.78, 5) is 38.8. The van der Waals surface area contributed by atoms with E-state index in [2.05, 4.69) is 15.6 Å². The number of nitrogens with one attached hydrogen (secondary N) is 2. The smallest absolute Gasteiger partial charge is 0.315 e. The molecule has 0 radical (unpaired) electrons. The molecular weight excluding hydrogens is 292 g/mol. The van der Waals surface area contributed by atoms with Gasteiger partial charge in [-0.2, -0.15) is 0 Å². The number of amides is 3. The topological polar surface area (TPSA) is 114 Å². The molecule has 2 rings (SSSR count). The molecule has 3 amide bonds. The average Bonchev–Trinajstić information content (AvgIpc) is 2.84. The summed E-state index contributed by atoms with van der Waals surface area (Å²) in [6.45, 7) is 1.77. The monoisotopic (exact) mass is 304 g/mol. The van der Waals surface area contributed by atoms with E-state index in [1.54, 1.807) is 24.4 Å². The Morgan fingerprint density at radius 1 is 1.14 bits per heavy atom. The highest BCUT2D eigenvalue weighted by Gasteiger charge is 2.17. The standard InChI is InChI=1S/C13H12N4O3S/c1-7-6-21-13(15-7)17-12(20)11(19)16-9-5-3-2-4-8(9)10(14)18/h2-6H,1H3,(H2,14,18)(H,16,19)(H,15,17,20). The molecule has 7 nitrogen and oxygen atoms in total. The molecule has 0 fully saturated rings. The molecule has 1 aromatic heterocycles. The van der Waals surface area contributed by atoms with Gasteiger partial charge in [0.05, 0.1) is 16.9 Å². The number of rotatable bonds is 3. The Morgan fingerprint density at radius 3 is 2.43 bits per heavy atom. The molecule has 1 aromatic carbocycles. The second-order valence-corrected chi connectivity index (χ2v) is 4.97. The molecule has 0 saturated heterocycles. The van der Waals surface area contributed by atoms with E-state index in [1.807, 2.05) is 0 Å². The number of thiazole rings is 1. The predicted molar refractivity (Wildman–Crippen MR) is 79.1 cm³/mol. The molecule has 0 aliphatic carbocycles. The summed E-state index contributed by atoms with van der Waals surface area (Å²) in [7, 11) is 0. The normalized spacial score (nSPS) is 9.95. The van der Waals surface area contributed by atoms with E-state index < -0.39 is 17.7 Å². The van der Waals surface area contributed by atoms with Crippen LogP contribution in [0.4, 0.5) is 10.8 Å². The van der Waals surface area contributed by atoms with Crippen molar-refractivity contribution in [1.82, 2.24) is 4.98 Å². The minimum atomic E-state index is -0.906. The molecule has 2 aromatic rings. The number of nitrogens with two attached hydrogens (primary N) is 1. The lowest BCUT2D eigenvalue weighted by atomic mass is 10.1. The van der Waals surface area contributed by atoms with E-state index in [4.69, 9.17) is 5.73 Å². The van der Waals surface area contributed by atoms with Crippen LogP contribution in [0.2, 0.25) is 0 Å². The third-order valence-electron chi connectivity index (χ3n) is 2.49. The molecule has 0 saturated carbocycles. The van der Waals surface area contributed by atoms with Gasteiger partial charge in [0.15, 0.2) is 5.13 Å². The van der Waals surface area contributed by atoms with Crippen molar-refractivity contribution in [3.8, 4) is 0 Å². The number of nitrogens with zero attached hydrogens (tertiary/aromatic N) is 1. The van der Waals surface area contributed by atoms with Crippen LogP contribution in [0.25, 0.3) is 0 Å². The maximum Gasteiger partial charge on any atom is 0.315 e. The third-order valence-corrected chi connectivity index (χ3v) is 3.36. The van der Waals surface area contributed by atoms with Crippen LogP contribution in [0.1, 0.15) is 16.1 Å². The molecule has 0 spiro atoms. The van der Waals surface area contributed by atoms with Gasteiger partial charge in [-0.15, -0.1) is 11.3 Å². The molecule has 108 valence electrons. The van der Waals surface area contributed by atoms with Crippen LogP contribution in [0.5, 0.6) is 0 Å². The second kappa shape index (κ2) is 6.14. The molecule has 4 N–H and O–H groups in total. The fraction of sp³-hybridized carbons (Fsp3) is 0.0769. The molecule has 8 heteroatoms. The van der Waals surface area contributed by atoms with Gasteiger partial charge in [0.25, 0.3) is 5.91 Å². The van der Waals surface area contributed by atoms with Crippen molar-refractivity contribution >= 4 is 39.9 Å². The Balaban J connectivity index is 2.07. The average molecular weight is 304 g/mol. The number of carbonyl (C=O) groups is 3. The number of anilines is 2. The van der Waals surface area contributed by atoms with E-state index in [-0.39, 0.29) is 11.3 Å². The van der Waals surface area contributed by atoms with Crippen LogP contribution in [0, 0.1) is 6.92 Å². The minimum absolute atomic E-state index is 0.128. The Morgan fingerprint density at radius 2 is 1.81 bits per heavy atom. The van der Waals surface area contributed by atoms with Crippen LogP contribution in [-0.4, -0.2) is 22.7 Å². The first-order chi connectivity index (χ1) is 9.97. The van der Waals surface area contributed by atoms with Crippen molar-refractivity contribution in [2.24, 2.45) is 5.73 Å². The van der Waals surface area contributed by atoms with Crippen LogP contribution in [0.3, 0.4) is 0 Å². The van der Waals surface area contributed by atoms with Crippen molar-refractivity contribution in [3.63, 3.8) is 0 Å². The second-order valence-electron chi connectivity index (χ2n) is 4.11. The zero-order valence-electron chi connectivity index (χ0n) is 11.0. The lowest BCUT2D eigenvalue weighted by molar-refractivity contribution is -0.133. The van der Waals surface area contributed by atoms with Gasteiger partial charge in [-0.05, 0) is 19.1 Å². The third kappa shape index (κ3) is 3.63. The van der Waals surface area contributed by atoms with Crippen molar-refractivity contribution < 1.29 is 14.4 Å². The minimum Gasteiger partial charge on any atom is -0.366 e. The molecule has 1 heterocycles. The molecule has 0 aliphatic rings. The molecule has 0 bridgehead atoms. The van der Waals surface area contributed by atoms with E-state index in [0.717, 1.165) is 5.69 Å². The first-order valence-electron chi connectivity index (χ1n) is 5.90. The lowest BCUT2D eigenvalue weighted by Gasteiger charge is -2.08. The van der Waals surface area contributed by atoms with E-state index in [1.165, 1.54) is 23.5 Å². The maximum atomic E-state index is 11.8. The van der Waals surface area contributed by atoms with Gasteiger partial charge in [0.1, 0.15) is 0 Å². The largest absolute Gasteiger partial charge is 0.366 e. The summed E-state index contributed by atoms with van der Waals surface area (Å²) in [5, 5.41) is 6.79. The fourth-order valence-electron chi connectivity index (χ4n) is 1.55. The number of benzene rings is 1. The zero-order valence-corrected chi connectivity index (χ0v) is 11.9. The molecular formula is C13H12N4O3S. The number of aryl methyl sites for hydroxylation is 1. The Bertz CT molecular complexity index is 711. The Kier molecular flexibility index (Phi) is 4.29. The molecule has 0 atom stereocenters. The first kappa shape index (κ1) is 14.7. The Labute approximate surface area is 124 Å². The van der Waals surface area contributed by atoms with E-state index in [0.29, 0.717) is 5.13 Å².